The Morgan fingerprint density at radius 2 is 2.29 bits per heavy atom. The predicted octanol–water partition coefficient (Wildman–Crippen LogP) is 1.48. The van der Waals surface area contributed by atoms with Crippen LogP contribution >= 0.6 is 0 Å². The van der Waals surface area contributed by atoms with Gasteiger partial charge in [0.05, 0.1) is 0 Å². The van der Waals surface area contributed by atoms with Crippen molar-refractivity contribution in [1.82, 2.24) is 14.9 Å². The van der Waals surface area contributed by atoms with Crippen LogP contribution in [-0.2, 0) is 6.54 Å². The Bertz CT molecular complexity index is 539. The molecule has 2 aliphatic rings. The molecule has 2 aliphatic heterocycles. The van der Waals surface area contributed by atoms with Gasteiger partial charge in [0.1, 0.15) is 0 Å². The number of hydrogen-bond acceptors (Lipinski definition) is 4. The lowest BCUT2D eigenvalue weighted by atomic mass is 9.85. The molecular formula is C16H26N4O. The predicted molar refractivity (Wildman–Crippen MR) is 84.7 cm³/mol. The molecular weight excluding hydrogens is 264 g/mol. The minimum Gasteiger partial charge on any atom is -0.352 e. The third kappa shape index (κ3) is 3.12. The largest absolute Gasteiger partial charge is 0.352 e. The van der Waals surface area contributed by atoms with Gasteiger partial charge in [0.25, 0.3) is 5.56 Å². The number of nitrogens with one attached hydrogen (secondary N) is 1. The van der Waals surface area contributed by atoms with E-state index in [9.17, 15) is 4.79 Å². The fourth-order valence-corrected chi connectivity index (χ4v) is 3.63. The van der Waals surface area contributed by atoms with Crippen molar-refractivity contribution in [1.29, 1.82) is 0 Å². The summed E-state index contributed by atoms with van der Waals surface area (Å²) >= 11 is 0. The van der Waals surface area contributed by atoms with Crippen LogP contribution in [0, 0.1) is 11.8 Å². The SMILES string of the molecule is CC(C)Cn1ccnc(N2CCC3NCCCC3C2)c1=O. The Hall–Kier alpha value is -1.36. The van der Waals surface area contributed by atoms with E-state index in [-0.39, 0.29) is 5.56 Å². The molecule has 1 N–H and O–H groups in total. The van der Waals surface area contributed by atoms with Crippen molar-refractivity contribution in [2.45, 2.75) is 45.7 Å². The van der Waals surface area contributed by atoms with E-state index in [1.54, 1.807) is 17.0 Å². The first-order valence-electron chi connectivity index (χ1n) is 8.19. The number of hydrogen-bond donors (Lipinski definition) is 1. The van der Waals surface area contributed by atoms with Crippen molar-refractivity contribution >= 4 is 5.82 Å². The minimum atomic E-state index is 0.0634. The summed E-state index contributed by atoms with van der Waals surface area (Å²) in [5.74, 6) is 1.76. The van der Waals surface area contributed by atoms with E-state index in [1.165, 1.54) is 12.8 Å². The molecule has 2 unspecified atom stereocenters. The molecule has 3 rings (SSSR count). The molecule has 1 aromatic heterocycles. The van der Waals surface area contributed by atoms with Gasteiger partial charge in [-0.15, -0.1) is 0 Å². The lowest BCUT2D eigenvalue weighted by molar-refractivity contribution is 0.243. The summed E-state index contributed by atoms with van der Waals surface area (Å²) in [6.45, 7) is 8.06. The Morgan fingerprint density at radius 3 is 3.10 bits per heavy atom. The van der Waals surface area contributed by atoms with Crippen molar-refractivity contribution < 1.29 is 0 Å². The second kappa shape index (κ2) is 6.18. The molecule has 21 heavy (non-hydrogen) atoms. The van der Waals surface area contributed by atoms with Crippen LogP contribution in [0.15, 0.2) is 17.2 Å². The highest BCUT2D eigenvalue weighted by atomic mass is 16.1. The van der Waals surface area contributed by atoms with Gasteiger partial charge in [-0.3, -0.25) is 4.79 Å². The van der Waals surface area contributed by atoms with Gasteiger partial charge < -0.3 is 14.8 Å². The first-order chi connectivity index (χ1) is 10.1. The molecule has 0 bridgehead atoms. The molecule has 0 amide bonds. The highest BCUT2D eigenvalue weighted by molar-refractivity contribution is 5.36. The Balaban J connectivity index is 1.79. The summed E-state index contributed by atoms with van der Waals surface area (Å²) in [4.78, 5) is 19.2. The molecule has 0 radical (unpaired) electrons. The van der Waals surface area contributed by atoms with Crippen LogP contribution in [0.2, 0.25) is 0 Å². The van der Waals surface area contributed by atoms with Crippen molar-refractivity contribution in [3.63, 3.8) is 0 Å². The summed E-state index contributed by atoms with van der Waals surface area (Å²) < 4.78 is 1.80. The van der Waals surface area contributed by atoms with E-state index in [4.69, 9.17) is 0 Å². The maximum atomic E-state index is 12.6. The van der Waals surface area contributed by atoms with Crippen molar-refractivity contribution in [3.05, 3.63) is 22.7 Å². The molecule has 3 heterocycles. The molecule has 116 valence electrons. The summed E-state index contributed by atoms with van der Waals surface area (Å²) in [7, 11) is 0. The topological polar surface area (TPSA) is 50.2 Å². The molecule has 0 saturated carbocycles. The molecule has 1 aromatic rings. The number of anilines is 1. The number of fused-ring (bicyclic) bond motifs is 1. The molecule has 0 aromatic carbocycles. The van der Waals surface area contributed by atoms with Crippen LogP contribution < -0.4 is 15.8 Å². The average Bonchev–Trinajstić information content (AvgIpc) is 2.48. The smallest absolute Gasteiger partial charge is 0.293 e. The van der Waals surface area contributed by atoms with Gasteiger partial charge in [0, 0.05) is 38.1 Å². The van der Waals surface area contributed by atoms with E-state index < -0.39 is 0 Å². The van der Waals surface area contributed by atoms with E-state index in [0.29, 0.717) is 23.7 Å². The highest BCUT2D eigenvalue weighted by Crippen LogP contribution is 2.26. The van der Waals surface area contributed by atoms with E-state index >= 15 is 0 Å². The second-order valence-electron chi connectivity index (χ2n) is 6.80. The van der Waals surface area contributed by atoms with E-state index in [0.717, 1.165) is 32.6 Å². The Morgan fingerprint density at radius 1 is 1.43 bits per heavy atom. The maximum Gasteiger partial charge on any atom is 0.293 e. The molecule has 5 heteroatoms. The zero-order chi connectivity index (χ0) is 14.8. The molecule has 5 nitrogen and oxygen atoms in total. The standard InChI is InChI=1S/C16H26N4O/c1-12(2)10-20-9-7-18-15(16(20)21)19-8-5-14-13(11-19)4-3-6-17-14/h7,9,12-14,17H,3-6,8,10-11H2,1-2H3. The Labute approximate surface area is 126 Å². The van der Waals surface area contributed by atoms with Gasteiger partial charge in [0.2, 0.25) is 0 Å². The lowest BCUT2D eigenvalue weighted by Gasteiger charge is -2.42. The molecule has 2 saturated heterocycles. The lowest BCUT2D eigenvalue weighted by Crippen LogP contribution is -2.53. The molecule has 2 atom stereocenters. The van der Waals surface area contributed by atoms with Crippen LogP contribution in [0.25, 0.3) is 0 Å². The average molecular weight is 290 g/mol. The number of nitrogens with zero attached hydrogens (tertiary/aromatic N) is 3. The van der Waals surface area contributed by atoms with E-state index in [1.807, 2.05) is 0 Å². The van der Waals surface area contributed by atoms with Gasteiger partial charge in [-0.05, 0) is 37.6 Å². The first kappa shape index (κ1) is 14.6. The number of aromatic nitrogens is 2. The molecule has 2 fully saturated rings. The highest BCUT2D eigenvalue weighted by Gasteiger charge is 2.32. The van der Waals surface area contributed by atoms with Crippen LogP contribution in [0.4, 0.5) is 5.82 Å². The summed E-state index contributed by atoms with van der Waals surface area (Å²) in [6, 6.07) is 0.636. The zero-order valence-corrected chi connectivity index (χ0v) is 13.1. The van der Waals surface area contributed by atoms with Gasteiger partial charge >= 0.3 is 0 Å². The quantitative estimate of drug-likeness (QED) is 0.916. The van der Waals surface area contributed by atoms with Crippen LogP contribution in [0.1, 0.15) is 33.1 Å². The van der Waals surface area contributed by atoms with Gasteiger partial charge in [-0.25, -0.2) is 4.98 Å². The summed E-state index contributed by atoms with van der Waals surface area (Å²) in [5, 5.41) is 3.61. The fourth-order valence-electron chi connectivity index (χ4n) is 3.63. The monoisotopic (exact) mass is 290 g/mol. The van der Waals surface area contributed by atoms with Gasteiger partial charge in [-0.2, -0.15) is 0 Å². The second-order valence-corrected chi connectivity index (χ2v) is 6.80. The minimum absolute atomic E-state index is 0.0634. The maximum absolute atomic E-state index is 12.6. The number of rotatable bonds is 3. The first-order valence-corrected chi connectivity index (χ1v) is 8.19. The van der Waals surface area contributed by atoms with Crippen molar-refractivity contribution in [2.75, 3.05) is 24.5 Å². The van der Waals surface area contributed by atoms with Crippen LogP contribution in [0.5, 0.6) is 0 Å². The summed E-state index contributed by atoms with van der Waals surface area (Å²) in [6.07, 6.45) is 7.20. The fraction of sp³-hybridized carbons (Fsp3) is 0.750. The third-order valence-electron chi connectivity index (χ3n) is 4.65. The summed E-state index contributed by atoms with van der Waals surface area (Å²) in [5.41, 5.74) is 0.0634. The van der Waals surface area contributed by atoms with Crippen LogP contribution in [0.3, 0.4) is 0 Å². The zero-order valence-electron chi connectivity index (χ0n) is 13.1. The number of piperidine rings is 2. The van der Waals surface area contributed by atoms with Crippen molar-refractivity contribution in [2.24, 2.45) is 11.8 Å². The van der Waals surface area contributed by atoms with Gasteiger partial charge in [-0.1, -0.05) is 13.8 Å². The van der Waals surface area contributed by atoms with Crippen molar-refractivity contribution in [3.8, 4) is 0 Å². The van der Waals surface area contributed by atoms with E-state index in [2.05, 4.69) is 29.0 Å². The Kier molecular flexibility index (Phi) is 4.29. The molecule has 0 spiro atoms. The van der Waals surface area contributed by atoms with Gasteiger partial charge in [0.15, 0.2) is 5.82 Å². The molecule has 0 aliphatic carbocycles. The third-order valence-corrected chi connectivity index (χ3v) is 4.65. The van der Waals surface area contributed by atoms with Crippen LogP contribution in [-0.4, -0.2) is 35.2 Å². The normalized spacial score (nSPS) is 26.0.